The summed E-state index contributed by atoms with van der Waals surface area (Å²) in [5.41, 5.74) is 0.556. The molecule has 1 aliphatic heterocycles. The van der Waals surface area contributed by atoms with Gasteiger partial charge in [-0.3, -0.25) is 9.59 Å². The number of nitrogens with one attached hydrogen (secondary N) is 1. The van der Waals surface area contributed by atoms with Crippen LogP contribution in [0.3, 0.4) is 0 Å². The van der Waals surface area contributed by atoms with Gasteiger partial charge in [0.05, 0.1) is 11.5 Å². The number of hydrogen-bond acceptors (Lipinski definition) is 3. The monoisotopic (exact) mass is 325 g/mol. The lowest BCUT2D eigenvalue weighted by Gasteiger charge is -2.31. The summed E-state index contributed by atoms with van der Waals surface area (Å²) in [6, 6.07) is 3.48. The molecule has 0 saturated carbocycles. The van der Waals surface area contributed by atoms with Crippen molar-refractivity contribution in [3.8, 4) is 0 Å². The van der Waals surface area contributed by atoms with Crippen LogP contribution in [0.25, 0.3) is 0 Å². The predicted molar refractivity (Wildman–Crippen MR) is 74.6 cm³/mol. The number of carbonyl (C=O) groups is 2. The standard InChI is InChI=1S/C13H16BrN3O2/c1-15-12(18)10-3-2-6-17(8-10)13(19)9-4-5-11(14)16-7-9/h4-5,7,10H,2-3,6,8H2,1H3,(H,15,18). The van der Waals surface area contributed by atoms with E-state index in [4.69, 9.17) is 0 Å². The smallest absolute Gasteiger partial charge is 0.255 e. The first-order valence-corrected chi connectivity index (χ1v) is 7.03. The number of aromatic nitrogens is 1. The normalized spacial score (nSPS) is 19.1. The van der Waals surface area contributed by atoms with Gasteiger partial charge in [0.15, 0.2) is 0 Å². The lowest BCUT2D eigenvalue weighted by atomic mass is 9.96. The van der Waals surface area contributed by atoms with Gasteiger partial charge in [-0.15, -0.1) is 0 Å². The predicted octanol–water partition coefficient (Wildman–Crippen LogP) is 1.44. The van der Waals surface area contributed by atoms with Crippen LogP contribution in [0.5, 0.6) is 0 Å². The molecule has 1 saturated heterocycles. The van der Waals surface area contributed by atoms with Crippen molar-refractivity contribution >= 4 is 27.7 Å². The van der Waals surface area contributed by atoms with E-state index in [0.717, 1.165) is 12.8 Å². The molecule has 0 radical (unpaired) electrons. The number of rotatable bonds is 2. The molecule has 2 amide bonds. The van der Waals surface area contributed by atoms with Crippen LogP contribution in [0.4, 0.5) is 0 Å². The summed E-state index contributed by atoms with van der Waals surface area (Å²) >= 11 is 3.24. The highest BCUT2D eigenvalue weighted by molar-refractivity contribution is 9.10. The van der Waals surface area contributed by atoms with E-state index in [2.05, 4.69) is 26.2 Å². The zero-order valence-corrected chi connectivity index (χ0v) is 12.3. The number of likely N-dealkylation sites (tertiary alicyclic amines) is 1. The van der Waals surface area contributed by atoms with Gasteiger partial charge in [0.2, 0.25) is 5.91 Å². The van der Waals surface area contributed by atoms with E-state index in [9.17, 15) is 9.59 Å². The number of hydrogen-bond donors (Lipinski definition) is 1. The molecular weight excluding hydrogens is 310 g/mol. The Balaban J connectivity index is 2.06. The molecule has 5 nitrogen and oxygen atoms in total. The van der Waals surface area contributed by atoms with E-state index < -0.39 is 0 Å². The van der Waals surface area contributed by atoms with Crippen molar-refractivity contribution in [2.75, 3.05) is 20.1 Å². The first-order valence-electron chi connectivity index (χ1n) is 6.24. The molecular formula is C13H16BrN3O2. The lowest BCUT2D eigenvalue weighted by molar-refractivity contribution is -0.125. The summed E-state index contributed by atoms with van der Waals surface area (Å²) in [7, 11) is 1.63. The Kier molecular flexibility index (Phi) is 4.52. The van der Waals surface area contributed by atoms with Crippen LogP contribution in [0.15, 0.2) is 22.9 Å². The molecule has 0 aliphatic carbocycles. The molecule has 1 aromatic rings. The lowest BCUT2D eigenvalue weighted by Crippen LogP contribution is -2.44. The number of nitrogens with zero attached hydrogens (tertiary/aromatic N) is 2. The molecule has 102 valence electrons. The Morgan fingerprint density at radius 2 is 2.26 bits per heavy atom. The maximum atomic E-state index is 12.3. The van der Waals surface area contributed by atoms with Crippen molar-refractivity contribution in [1.82, 2.24) is 15.2 Å². The van der Waals surface area contributed by atoms with Crippen LogP contribution in [-0.4, -0.2) is 41.8 Å². The molecule has 1 atom stereocenters. The van der Waals surface area contributed by atoms with Gasteiger partial charge in [-0.2, -0.15) is 0 Å². The summed E-state index contributed by atoms with van der Waals surface area (Å²) < 4.78 is 0.700. The summed E-state index contributed by atoms with van der Waals surface area (Å²) in [5, 5.41) is 2.65. The SMILES string of the molecule is CNC(=O)C1CCCN(C(=O)c2ccc(Br)nc2)C1. The average molecular weight is 326 g/mol. The highest BCUT2D eigenvalue weighted by Crippen LogP contribution is 2.19. The molecule has 6 heteroatoms. The molecule has 1 aliphatic rings. The third-order valence-electron chi connectivity index (χ3n) is 3.30. The third-order valence-corrected chi connectivity index (χ3v) is 3.77. The summed E-state index contributed by atoms with van der Waals surface area (Å²) in [6.45, 7) is 1.18. The fourth-order valence-electron chi connectivity index (χ4n) is 2.26. The molecule has 1 unspecified atom stereocenters. The van der Waals surface area contributed by atoms with Crippen LogP contribution in [0, 0.1) is 5.92 Å². The van der Waals surface area contributed by atoms with E-state index in [1.165, 1.54) is 0 Å². The Hall–Kier alpha value is -1.43. The first kappa shape index (κ1) is 14.0. The molecule has 1 N–H and O–H groups in total. The fourth-order valence-corrected chi connectivity index (χ4v) is 2.50. The number of halogens is 1. The van der Waals surface area contributed by atoms with Crippen molar-refractivity contribution in [2.24, 2.45) is 5.92 Å². The molecule has 1 fully saturated rings. The van der Waals surface area contributed by atoms with Crippen LogP contribution in [0.2, 0.25) is 0 Å². The molecule has 0 spiro atoms. The first-order chi connectivity index (χ1) is 9.11. The van der Waals surface area contributed by atoms with Crippen molar-refractivity contribution in [2.45, 2.75) is 12.8 Å². The Morgan fingerprint density at radius 1 is 1.47 bits per heavy atom. The van der Waals surface area contributed by atoms with Gasteiger partial charge in [-0.05, 0) is 40.9 Å². The van der Waals surface area contributed by atoms with Crippen LogP contribution in [0.1, 0.15) is 23.2 Å². The topological polar surface area (TPSA) is 62.3 Å². The second-order valence-corrected chi connectivity index (χ2v) is 5.39. The van der Waals surface area contributed by atoms with Gasteiger partial charge in [0.25, 0.3) is 5.91 Å². The molecule has 2 rings (SSSR count). The fraction of sp³-hybridized carbons (Fsp3) is 0.462. The van der Waals surface area contributed by atoms with Gasteiger partial charge in [0, 0.05) is 26.3 Å². The summed E-state index contributed by atoms with van der Waals surface area (Å²) in [5.74, 6) is -0.161. The number of piperidine rings is 1. The maximum absolute atomic E-state index is 12.3. The second-order valence-electron chi connectivity index (χ2n) is 4.57. The van der Waals surface area contributed by atoms with Crippen molar-refractivity contribution in [3.63, 3.8) is 0 Å². The molecule has 0 aromatic carbocycles. The van der Waals surface area contributed by atoms with Gasteiger partial charge < -0.3 is 10.2 Å². The van der Waals surface area contributed by atoms with Crippen LogP contribution in [-0.2, 0) is 4.79 Å². The third kappa shape index (κ3) is 3.32. The van der Waals surface area contributed by atoms with Crippen LogP contribution >= 0.6 is 15.9 Å². The van der Waals surface area contributed by atoms with E-state index >= 15 is 0 Å². The number of amides is 2. The zero-order chi connectivity index (χ0) is 13.8. The molecule has 1 aromatic heterocycles. The largest absolute Gasteiger partial charge is 0.359 e. The number of carbonyl (C=O) groups excluding carboxylic acids is 2. The van der Waals surface area contributed by atoms with E-state index in [1.807, 2.05) is 0 Å². The minimum atomic E-state index is -0.105. The van der Waals surface area contributed by atoms with Gasteiger partial charge in [0.1, 0.15) is 4.60 Å². The second kappa shape index (κ2) is 6.14. The quantitative estimate of drug-likeness (QED) is 0.837. The van der Waals surface area contributed by atoms with E-state index in [0.29, 0.717) is 23.3 Å². The van der Waals surface area contributed by atoms with Gasteiger partial charge in [-0.25, -0.2) is 4.98 Å². The molecule has 19 heavy (non-hydrogen) atoms. The van der Waals surface area contributed by atoms with Gasteiger partial charge in [-0.1, -0.05) is 0 Å². The average Bonchev–Trinajstić information content (AvgIpc) is 2.46. The van der Waals surface area contributed by atoms with Gasteiger partial charge >= 0.3 is 0 Å². The van der Waals surface area contributed by atoms with E-state index in [-0.39, 0.29) is 17.7 Å². The van der Waals surface area contributed by atoms with Crippen molar-refractivity contribution in [1.29, 1.82) is 0 Å². The highest BCUT2D eigenvalue weighted by Gasteiger charge is 2.28. The van der Waals surface area contributed by atoms with Crippen molar-refractivity contribution in [3.05, 3.63) is 28.5 Å². The minimum Gasteiger partial charge on any atom is -0.359 e. The molecule has 2 heterocycles. The molecule has 0 bridgehead atoms. The van der Waals surface area contributed by atoms with Crippen molar-refractivity contribution < 1.29 is 9.59 Å². The summed E-state index contributed by atoms with van der Waals surface area (Å²) in [4.78, 5) is 29.7. The zero-order valence-electron chi connectivity index (χ0n) is 10.7. The maximum Gasteiger partial charge on any atom is 0.255 e. The minimum absolute atomic E-state index is 0.00595. The van der Waals surface area contributed by atoms with E-state index in [1.54, 1.807) is 30.3 Å². The highest BCUT2D eigenvalue weighted by atomic mass is 79.9. The number of pyridine rings is 1. The van der Waals surface area contributed by atoms with Crippen LogP contribution < -0.4 is 5.32 Å². The Bertz CT molecular complexity index is 475. The Labute approximate surface area is 120 Å². The summed E-state index contributed by atoms with van der Waals surface area (Å²) in [6.07, 6.45) is 3.24. The Morgan fingerprint density at radius 3 is 2.89 bits per heavy atom.